The molecule has 1 rings (SSSR count). The van der Waals surface area contributed by atoms with Crippen LogP contribution in [-0.4, -0.2) is 62.8 Å². The molecule has 1 fully saturated rings. The molecule has 0 N–H and O–H groups in total. The second-order valence-corrected chi connectivity index (χ2v) is 3.87. The van der Waals surface area contributed by atoms with E-state index in [4.69, 9.17) is 4.74 Å². The molecule has 1 heterocycles. The van der Waals surface area contributed by atoms with Crippen LogP contribution in [0.1, 0.15) is 13.3 Å². The second kappa shape index (κ2) is 5.58. The molecule has 1 saturated heterocycles. The zero-order valence-corrected chi connectivity index (χ0v) is 9.12. The number of nitrogens with zero attached hydrogens (tertiary/aromatic N) is 2. The predicted octanol–water partition coefficient (Wildman–Crippen LogP) is 0.659. The first-order valence-corrected chi connectivity index (χ1v) is 5.20. The Balaban J connectivity index is 2.21. The Morgan fingerprint density at radius 1 is 1.23 bits per heavy atom. The van der Waals surface area contributed by atoms with Crippen LogP contribution in [0.2, 0.25) is 0 Å². The van der Waals surface area contributed by atoms with Crippen molar-refractivity contribution in [1.29, 1.82) is 0 Å². The Hall–Kier alpha value is -0.120. The van der Waals surface area contributed by atoms with Crippen molar-refractivity contribution < 1.29 is 4.74 Å². The van der Waals surface area contributed by atoms with Crippen LogP contribution in [0.15, 0.2) is 0 Å². The smallest absolute Gasteiger partial charge is 0.0695 e. The topological polar surface area (TPSA) is 15.7 Å². The predicted molar refractivity (Wildman–Crippen MR) is 55.0 cm³/mol. The maximum absolute atomic E-state index is 5.37. The molecule has 0 amide bonds. The fraction of sp³-hybridized carbons (Fsp3) is 1.00. The maximum Gasteiger partial charge on any atom is 0.0695 e. The quantitative estimate of drug-likeness (QED) is 0.641. The minimum atomic E-state index is 0.420. The molecular weight excluding hydrogens is 164 g/mol. The van der Waals surface area contributed by atoms with Gasteiger partial charge in [0.1, 0.15) is 0 Å². The standard InChI is InChI=1S/C10H22N2O/c1-4-10(13-3)9-12-7-5-11(2)6-8-12/h10H,4-9H2,1-3H3. The van der Waals surface area contributed by atoms with Gasteiger partial charge >= 0.3 is 0 Å². The van der Waals surface area contributed by atoms with Gasteiger partial charge in [-0.15, -0.1) is 0 Å². The van der Waals surface area contributed by atoms with Crippen LogP contribution < -0.4 is 0 Å². The summed E-state index contributed by atoms with van der Waals surface area (Å²) in [4.78, 5) is 4.88. The summed E-state index contributed by atoms with van der Waals surface area (Å²) in [5.41, 5.74) is 0. The summed E-state index contributed by atoms with van der Waals surface area (Å²) in [6, 6.07) is 0. The number of rotatable bonds is 4. The van der Waals surface area contributed by atoms with Crippen molar-refractivity contribution in [1.82, 2.24) is 9.80 Å². The number of piperazine rings is 1. The molecule has 0 radical (unpaired) electrons. The Morgan fingerprint density at radius 2 is 1.85 bits per heavy atom. The lowest BCUT2D eigenvalue weighted by Crippen LogP contribution is -2.47. The molecule has 78 valence electrons. The van der Waals surface area contributed by atoms with Crippen molar-refractivity contribution in [2.75, 3.05) is 46.9 Å². The van der Waals surface area contributed by atoms with E-state index in [1.807, 2.05) is 7.11 Å². The first-order valence-electron chi connectivity index (χ1n) is 5.20. The third-order valence-electron chi connectivity index (χ3n) is 2.85. The van der Waals surface area contributed by atoms with Gasteiger partial charge < -0.3 is 9.64 Å². The summed E-state index contributed by atoms with van der Waals surface area (Å²) in [7, 11) is 4.00. The van der Waals surface area contributed by atoms with Gasteiger partial charge in [-0.1, -0.05) is 6.92 Å². The number of likely N-dealkylation sites (N-methyl/N-ethyl adjacent to an activating group) is 1. The highest BCUT2D eigenvalue weighted by molar-refractivity contribution is 4.72. The van der Waals surface area contributed by atoms with Crippen molar-refractivity contribution in [3.8, 4) is 0 Å². The highest BCUT2D eigenvalue weighted by Crippen LogP contribution is 2.04. The van der Waals surface area contributed by atoms with Crippen LogP contribution in [-0.2, 0) is 4.74 Å². The molecule has 3 heteroatoms. The Morgan fingerprint density at radius 3 is 2.31 bits per heavy atom. The molecule has 0 bridgehead atoms. The van der Waals surface area contributed by atoms with Gasteiger partial charge in [0.15, 0.2) is 0 Å². The Labute approximate surface area is 81.7 Å². The summed E-state index contributed by atoms with van der Waals surface area (Å²) >= 11 is 0. The van der Waals surface area contributed by atoms with E-state index in [0.717, 1.165) is 13.0 Å². The Kier molecular flexibility index (Phi) is 4.70. The monoisotopic (exact) mass is 186 g/mol. The van der Waals surface area contributed by atoms with Gasteiger partial charge in [0.25, 0.3) is 0 Å². The fourth-order valence-corrected chi connectivity index (χ4v) is 1.69. The SMILES string of the molecule is CCC(CN1CCN(C)CC1)OC. The van der Waals surface area contributed by atoms with E-state index in [9.17, 15) is 0 Å². The van der Waals surface area contributed by atoms with Crippen molar-refractivity contribution in [2.24, 2.45) is 0 Å². The molecule has 1 atom stereocenters. The lowest BCUT2D eigenvalue weighted by Gasteiger charge is -2.34. The molecule has 0 aromatic carbocycles. The summed E-state index contributed by atoms with van der Waals surface area (Å²) in [5.74, 6) is 0. The molecule has 0 aliphatic carbocycles. The molecule has 1 aliphatic heterocycles. The molecule has 1 aliphatic rings. The summed E-state index contributed by atoms with van der Waals surface area (Å²) in [6.45, 7) is 8.05. The fourth-order valence-electron chi connectivity index (χ4n) is 1.69. The highest BCUT2D eigenvalue weighted by Gasteiger charge is 2.16. The van der Waals surface area contributed by atoms with E-state index in [2.05, 4.69) is 23.8 Å². The van der Waals surface area contributed by atoms with Crippen molar-refractivity contribution in [3.63, 3.8) is 0 Å². The maximum atomic E-state index is 5.37. The average Bonchev–Trinajstić information content (AvgIpc) is 2.17. The van der Waals surface area contributed by atoms with Crippen molar-refractivity contribution >= 4 is 0 Å². The van der Waals surface area contributed by atoms with Gasteiger partial charge in [-0.25, -0.2) is 0 Å². The van der Waals surface area contributed by atoms with Gasteiger partial charge in [-0.3, -0.25) is 4.90 Å². The molecule has 0 aromatic heterocycles. The zero-order valence-electron chi connectivity index (χ0n) is 9.12. The van der Waals surface area contributed by atoms with Crippen LogP contribution in [0, 0.1) is 0 Å². The number of hydrogen-bond donors (Lipinski definition) is 0. The molecular formula is C10H22N2O. The zero-order chi connectivity index (χ0) is 9.68. The van der Waals surface area contributed by atoms with Gasteiger partial charge in [0.05, 0.1) is 6.10 Å². The second-order valence-electron chi connectivity index (χ2n) is 3.87. The van der Waals surface area contributed by atoms with E-state index < -0.39 is 0 Å². The normalized spacial score (nSPS) is 23.3. The van der Waals surface area contributed by atoms with Gasteiger partial charge in [-0.05, 0) is 13.5 Å². The van der Waals surface area contributed by atoms with Crippen molar-refractivity contribution in [3.05, 3.63) is 0 Å². The first kappa shape index (κ1) is 11.0. The van der Waals surface area contributed by atoms with Crippen LogP contribution in [0.4, 0.5) is 0 Å². The number of hydrogen-bond acceptors (Lipinski definition) is 3. The lowest BCUT2D eigenvalue weighted by molar-refractivity contribution is 0.0448. The first-order chi connectivity index (χ1) is 6.26. The van der Waals surface area contributed by atoms with Crippen LogP contribution in [0.25, 0.3) is 0 Å². The van der Waals surface area contributed by atoms with Crippen LogP contribution in [0.3, 0.4) is 0 Å². The van der Waals surface area contributed by atoms with E-state index in [1.165, 1.54) is 26.2 Å². The minimum absolute atomic E-state index is 0.420. The molecule has 0 saturated carbocycles. The summed E-state index contributed by atoms with van der Waals surface area (Å²) < 4.78 is 5.37. The van der Waals surface area contributed by atoms with Crippen LogP contribution >= 0.6 is 0 Å². The third kappa shape index (κ3) is 3.63. The van der Waals surface area contributed by atoms with Gasteiger partial charge in [0.2, 0.25) is 0 Å². The molecule has 1 unspecified atom stereocenters. The summed E-state index contributed by atoms with van der Waals surface area (Å²) in [6.07, 6.45) is 1.53. The molecule has 3 nitrogen and oxygen atoms in total. The third-order valence-corrected chi connectivity index (χ3v) is 2.85. The molecule has 0 spiro atoms. The molecule has 13 heavy (non-hydrogen) atoms. The van der Waals surface area contributed by atoms with Crippen molar-refractivity contribution in [2.45, 2.75) is 19.4 Å². The largest absolute Gasteiger partial charge is 0.380 e. The van der Waals surface area contributed by atoms with E-state index in [-0.39, 0.29) is 0 Å². The highest BCUT2D eigenvalue weighted by atomic mass is 16.5. The number of methoxy groups -OCH3 is 1. The minimum Gasteiger partial charge on any atom is -0.380 e. The average molecular weight is 186 g/mol. The molecule has 0 aromatic rings. The Bertz CT molecular complexity index is 129. The lowest BCUT2D eigenvalue weighted by atomic mass is 10.2. The van der Waals surface area contributed by atoms with Crippen LogP contribution in [0.5, 0.6) is 0 Å². The van der Waals surface area contributed by atoms with E-state index >= 15 is 0 Å². The van der Waals surface area contributed by atoms with E-state index in [1.54, 1.807) is 0 Å². The number of ether oxygens (including phenoxy) is 1. The van der Waals surface area contributed by atoms with Gasteiger partial charge in [-0.2, -0.15) is 0 Å². The van der Waals surface area contributed by atoms with Gasteiger partial charge in [0, 0.05) is 39.8 Å². The summed E-state index contributed by atoms with van der Waals surface area (Å²) in [5, 5.41) is 0. The van der Waals surface area contributed by atoms with E-state index in [0.29, 0.717) is 6.10 Å².